The Hall–Kier alpha value is -0.610. The number of aliphatic hydroxyl groups excluding tert-OH is 2. The summed E-state index contributed by atoms with van der Waals surface area (Å²) < 4.78 is 4.51. The lowest BCUT2D eigenvalue weighted by atomic mass is 10.3. The van der Waals surface area contributed by atoms with Crippen LogP contribution in [0.2, 0.25) is 0 Å². The van der Waals surface area contributed by atoms with Crippen LogP contribution < -0.4 is 0 Å². The number of carbonyl (C=O) groups is 1. The Labute approximate surface area is 72.2 Å². The summed E-state index contributed by atoms with van der Waals surface area (Å²) in [6.45, 7) is 3.53. The van der Waals surface area contributed by atoms with Gasteiger partial charge in [0.05, 0.1) is 0 Å². The molecule has 0 rings (SSSR count). The fourth-order valence-corrected chi connectivity index (χ4v) is 0.678. The third-order valence-corrected chi connectivity index (χ3v) is 1.45. The fourth-order valence-electron chi connectivity index (χ4n) is 0.678. The quantitative estimate of drug-likeness (QED) is 0.470. The van der Waals surface area contributed by atoms with Gasteiger partial charge in [-0.15, -0.1) is 0 Å². The molecular weight excluding hydrogens is 160 g/mol. The predicted octanol–water partition coefficient (Wildman–Crippen LogP) is 0.419. The highest BCUT2D eigenvalue weighted by molar-refractivity contribution is 5.69. The fraction of sp³-hybridized carbons (Fsp3) is 0.875. The zero-order chi connectivity index (χ0) is 9.56. The molecule has 0 aromatic heterocycles. The second-order valence-corrected chi connectivity index (χ2v) is 2.61. The molecule has 0 spiro atoms. The average molecular weight is 176 g/mol. The van der Waals surface area contributed by atoms with E-state index in [1.54, 1.807) is 6.92 Å². The SMILES string of the molecule is CCCC(=O)OC(O)C(O)CC. The zero-order valence-electron chi connectivity index (χ0n) is 7.49. The van der Waals surface area contributed by atoms with E-state index in [1.807, 2.05) is 6.92 Å². The first-order chi connectivity index (χ1) is 5.61. The van der Waals surface area contributed by atoms with Gasteiger partial charge in [0, 0.05) is 6.42 Å². The van der Waals surface area contributed by atoms with E-state index in [0.29, 0.717) is 12.8 Å². The van der Waals surface area contributed by atoms with Crippen LogP contribution in [0.4, 0.5) is 0 Å². The van der Waals surface area contributed by atoms with Gasteiger partial charge in [0.2, 0.25) is 6.29 Å². The third kappa shape index (κ3) is 4.31. The highest BCUT2D eigenvalue weighted by Crippen LogP contribution is 2.02. The molecule has 2 N–H and O–H groups in total. The lowest BCUT2D eigenvalue weighted by Crippen LogP contribution is -2.30. The molecule has 0 radical (unpaired) electrons. The van der Waals surface area contributed by atoms with Gasteiger partial charge >= 0.3 is 5.97 Å². The summed E-state index contributed by atoms with van der Waals surface area (Å²) in [7, 11) is 0. The van der Waals surface area contributed by atoms with Gasteiger partial charge in [0.1, 0.15) is 6.10 Å². The Balaban J connectivity index is 3.67. The van der Waals surface area contributed by atoms with Crippen LogP contribution in [0.5, 0.6) is 0 Å². The van der Waals surface area contributed by atoms with Crippen molar-refractivity contribution in [2.45, 2.75) is 45.5 Å². The second kappa shape index (κ2) is 5.97. The maximum absolute atomic E-state index is 10.8. The lowest BCUT2D eigenvalue weighted by molar-refractivity contribution is -0.186. The highest BCUT2D eigenvalue weighted by Gasteiger charge is 2.17. The third-order valence-electron chi connectivity index (χ3n) is 1.45. The van der Waals surface area contributed by atoms with Crippen LogP contribution in [-0.2, 0) is 9.53 Å². The molecule has 0 bridgehead atoms. The molecule has 4 heteroatoms. The Bertz CT molecular complexity index is 135. The van der Waals surface area contributed by atoms with E-state index < -0.39 is 18.4 Å². The number of esters is 1. The summed E-state index contributed by atoms with van der Waals surface area (Å²) >= 11 is 0. The Kier molecular flexibility index (Phi) is 5.66. The molecule has 0 aromatic carbocycles. The van der Waals surface area contributed by atoms with Gasteiger partial charge in [-0.2, -0.15) is 0 Å². The van der Waals surface area contributed by atoms with Crippen LogP contribution in [0.3, 0.4) is 0 Å². The first-order valence-corrected chi connectivity index (χ1v) is 4.17. The molecular formula is C8H16O4. The van der Waals surface area contributed by atoms with E-state index >= 15 is 0 Å². The molecule has 4 nitrogen and oxygen atoms in total. The molecule has 0 heterocycles. The maximum atomic E-state index is 10.8. The van der Waals surface area contributed by atoms with Crippen LogP contribution in [0.1, 0.15) is 33.1 Å². The van der Waals surface area contributed by atoms with Crippen molar-refractivity contribution in [3.05, 3.63) is 0 Å². The first kappa shape index (κ1) is 11.4. The lowest BCUT2D eigenvalue weighted by Gasteiger charge is -2.16. The van der Waals surface area contributed by atoms with Gasteiger partial charge in [-0.25, -0.2) is 0 Å². The molecule has 0 amide bonds. The average Bonchev–Trinajstić information content (AvgIpc) is 2.03. The van der Waals surface area contributed by atoms with Crippen molar-refractivity contribution in [2.24, 2.45) is 0 Å². The van der Waals surface area contributed by atoms with E-state index in [1.165, 1.54) is 0 Å². The van der Waals surface area contributed by atoms with Crippen LogP contribution in [0, 0.1) is 0 Å². The van der Waals surface area contributed by atoms with Gasteiger partial charge in [-0.05, 0) is 12.8 Å². The van der Waals surface area contributed by atoms with Crippen LogP contribution in [0.15, 0.2) is 0 Å². The number of aliphatic hydroxyl groups is 2. The Morgan fingerprint density at radius 3 is 2.42 bits per heavy atom. The van der Waals surface area contributed by atoms with Crippen molar-refractivity contribution in [3.63, 3.8) is 0 Å². The van der Waals surface area contributed by atoms with Gasteiger partial charge in [-0.3, -0.25) is 4.79 Å². The van der Waals surface area contributed by atoms with Gasteiger partial charge < -0.3 is 14.9 Å². The number of hydrogen-bond donors (Lipinski definition) is 2. The zero-order valence-corrected chi connectivity index (χ0v) is 7.49. The summed E-state index contributed by atoms with van der Waals surface area (Å²) in [6.07, 6.45) is -1.05. The van der Waals surface area contributed by atoms with Crippen molar-refractivity contribution in [3.8, 4) is 0 Å². The molecule has 0 saturated heterocycles. The van der Waals surface area contributed by atoms with Gasteiger partial charge in [0.25, 0.3) is 0 Å². The van der Waals surface area contributed by atoms with Crippen LogP contribution >= 0.6 is 0 Å². The summed E-state index contributed by atoms with van der Waals surface area (Å²) in [6, 6.07) is 0. The highest BCUT2D eigenvalue weighted by atomic mass is 16.6. The van der Waals surface area contributed by atoms with Gasteiger partial charge in [0.15, 0.2) is 0 Å². The molecule has 0 aromatic rings. The van der Waals surface area contributed by atoms with E-state index in [9.17, 15) is 4.79 Å². The van der Waals surface area contributed by atoms with E-state index in [2.05, 4.69) is 4.74 Å². The second-order valence-electron chi connectivity index (χ2n) is 2.61. The molecule has 2 unspecified atom stereocenters. The maximum Gasteiger partial charge on any atom is 0.308 e. The standard InChI is InChI=1S/C8H16O4/c1-3-5-7(10)12-8(11)6(9)4-2/h6,8-9,11H,3-5H2,1-2H3. The minimum atomic E-state index is -1.38. The van der Waals surface area contributed by atoms with Crippen molar-refractivity contribution < 1.29 is 19.7 Å². The smallest absolute Gasteiger partial charge is 0.308 e. The summed E-state index contributed by atoms with van der Waals surface area (Å²) in [5, 5.41) is 18.0. The molecule has 0 aliphatic heterocycles. The molecule has 0 aliphatic rings. The number of ether oxygens (including phenoxy) is 1. The molecule has 0 fully saturated rings. The summed E-state index contributed by atoms with van der Waals surface area (Å²) in [5.74, 6) is -0.475. The minimum Gasteiger partial charge on any atom is -0.433 e. The predicted molar refractivity (Wildman–Crippen MR) is 43.3 cm³/mol. The van der Waals surface area contributed by atoms with Crippen LogP contribution in [0.25, 0.3) is 0 Å². The number of carbonyl (C=O) groups excluding carboxylic acids is 1. The summed E-state index contributed by atoms with van der Waals surface area (Å²) in [4.78, 5) is 10.8. The van der Waals surface area contributed by atoms with E-state index in [4.69, 9.17) is 10.2 Å². The Morgan fingerprint density at radius 2 is 2.00 bits per heavy atom. The van der Waals surface area contributed by atoms with Crippen LogP contribution in [-0.4, -0.2) is 28.6 Å². The van der Waals surface area contributed by atoms with Gasteiger partial charge in [-0.1, -0.05) is 13.8 Å². The van der Waals surface area contributed by atoms with Crippen molar-refractivity contribution in [1.82, 2.24) is 0 Å². The number of hydrogen-bond acceptors (Lipinski definition) is 4. The largest absolute Gasteiger partial charge is 0.433 e. The topological polar surface area (TPSA) is 66.8 Å². The molecule has 0 aliphatic carbocycles. The van der Waals surface area contributed by atoms with Crippen molar-refractivity contribution >= 4 is 5.97 Å². The minimum absolute atomic E-state index is 0.271. The summed E-state index contributed by atoms with van der Waals surface area (Å²) in [5.41, 5.74) is 0. The van der Waals surface area contributed by atoms with Crippen molar-refractivity contribution in [1.29, 1.82) is 0 Å². The van der Waals surface area contributed by atoms with E-state index in [0.717, 1.165) is 0 Å². The normalized spacial score (nSPS) is 15.3. The Morgan fingerprint density at radius 1 is 1.42 bits per heavy atom. The first-order valence-electron chi connectivity index (χ1n) is 4.17. The van der Waals surface area contributed by atoms with Crippen molar-refractivity contribution in [2.75, 3.05) is 0 Å². The monoisotopic (exact) mass is 176 g/mol. The molecule has 0 saturated carbocycles. The molecule has 72 valence electrons. The molecule has 2 atom stereocenters. The molecule has 12 heavy (non-hydrogen) atoms. The number of rotatable bonds is 5. The van der Waals surface area contributed by atoms with E-state index in [-0.39, 0.29) is 6.42 Å².